The number of nitrogens with one attached hydrogen (secondary N) is 1. The van der Waals surface area contributed by atoms with Crippen LogP contribution in [0.3, 0.4) is 0 Å². The van der Waals surface area contributed by atoms with Gasteiger partial charge in [0.25, 0.3) is 0 Å². The fraction of sp³-hybridized carbons (Fsp3) is 0.647. The van der Waals surface area contributed by atoms with Crippen LogP contribution >= 0.6 is 15.9 Å². The van der Waals surface area contributed by atoms with Gasteiger partial charge in [0, 0.05) is 35.3 Å². The summed E-state index contributed by atoms with van der Waals surface area (Å²) >= 11 is 3.57. The summed E-state index contributed by atoms with van der Waals surface area (Å²) in [7, 11) is 0. The molecule has 0 spiro atoms. The number of halogens is 1. The van der Waals surface area contributed by atoms with Crippen LogP contribution in [0.5, 0.6) is 0 Å². The van der Waals surface area contributed by atoms with E-state index in [0.717, 1.165) is 19.0 Å². The van der Waals surface area contributed by atoms with Gasteiger partial charge in [-0.3, -0.25) is 0 Å². The van der Waals surface area contributed by atoms with Crippen LogP contribution in [0.2, 0.25) is 0 Å². The Morgan fingerprint density at radius 1 is 1.40 bits per heavy atom. The highest BCUT2D eigenvalue weighted by Crippen LogP contribution is 2.29. The Bertz CT molecular complexity index is 447. The molecule has 1 aromatic carbocycles. The van der Waals surface area contributed by atoms with Crippen molar-refractivity contribution in [2.24, 2.45) is 5.92 Å². The van der Waals surface area contributed by atoms with E-state index >= 15 is 0 Å². The van der Waals surface area contributed by atoms with Crippen LogP contribution in [0.4, 0.5) is 5.69 Å². The molecule has 0 aliphatic carbocycles. The molecule has 1 saturated heterocycles. The highest BCUT2D eigenvalue weighted by atomic mass is 79.9. The largest absolute Gasteiger partial charge is 0.365 e. The van der Waals surface area contributed by atoms with Crippen molar-refractivity contribution in [3.8, 4) is 0 Å². The van der Waals surface area contributed by atoms with Crippen molar-refractivity contribution < 1.29 is 0 Å². The van der Waals surface area contributed by atoms with Crippen molar-refractivity contribution in [1.29, 1.82) is 0 Å². The topological polar surface area (TPSA) is 15.3 Å². The van der Waals surface area contributed by atoms with E-state index in [4.69, 9.17) is 0 Å². The predicted octanol–water partition coefficient (Wildman–Crippen LogP) is 4.36. The molecule has 0 aromatic heterocycles. The number of nitrogens with zero attached hydrogens (tertiary/aromatic N) is 1. The van der Waals surface area contributed by atoms with Crippen molar-refractivity contribution in [1.82, 2.24) is 5.32 Å². The highest BCUT2D eigenvalue weighted by molar-refractivity contribution is 9.10. The van der Waals surface area contributed by atoms with Gasteiger partial charge in [-0.2, -0.15) is 0 Å². The highest BCUT2D eigenvalue weighted by Gasteiger charge is 2.29. The number of piperazine rings is 1. The zero-order valence-corrected chi connectivity index (χ0v) is 14.7. The smallest absolute Gasteiger partial charge is 0.0412 e. The predicted molar refractivity (Wildman–Crippen MR) is 91.5 cm³/mol. The van der Waals surface area contributed by atoms with Gasteiger partial charge in [-0.25, -0.2) is 0 Å². The van der Waals surface area contributed by atoms with E-state index in [1.165, 1.54) is 28.6 Å². The van der Waals surface area contributed by atoms with Gasteiger partial charge >= 0.3 is 0 Å². The Balaban J connectivity index is 2.24. The van der Waals surface area contributed by atoms with Crippen molar-refractivity contribution >= 4 is 21.6 Å². The first-order valence-electron chi connectivity index (χ1n) is 7.83. The Kier molecular flexibility index (Phi) is 5.50. The summed E-state index contributed by atoms with van der Waals surface area (Å²) in [6, 6.07) is 7.86. The number of anilines is 1. The van der Waals surface area contributed by atoms with Crippen LogP contribution < -0.4 is 10.2 Å². The number of rotatable bonds is 4. The molecule has 1 aliphatic heterocycles. The molecule has 3 heteroatoms. The Morgan fingerprint density at radius 3 is 2.75 bits per heavy atom. The average molecular weight is 339 g/mol. The van der Waals surface area contributed by atoms with Crippen LogP contribution in [-0.2, 0) is 0 Å². The van der Waals surface area contributed by atoms with Crippen LogP contribution in [0, 0.1) is 12.8 Å². The summed E-state index contributed by atoms with van der Waals surface area (Å²) in [6.07, 6.45) is 2.43. The minimum absolute atomic E-state index is 0.603. The molecule has 1 aliphatic rings. The van der Waals surface area contributed by atoms with Gasteiger partial charge in [0.1, 0.15) is 0 Å². The molecule has 2 rings (SSSR count). The number of aryl methyl sites for hydroxylation is 1. The molecule has 1 aromatic rings. The van der Waals surface area contributed by atoms with E-state index in [9.17, 15) is 0 Å². The fourth-order valence-electron chi connectivity index (χ4n) is 3.09. The van der Waals surface area contributed by atoms with Crippen LogP contribution in [0.25, 0.3) is 0 Å². The lowest BCUT2D eigenvalue weighted by Crippen LogP contribution is -2.58. The third-order valence-electron chi connectivity index (χ3n) is 4.72. The lowest BCUT2D eigenvalue weighted by Gasteiger charge is -2.44. The minimum atomic E-state index is 0.603. The molecule has 1 N–H and O–H groups in total. The first kappa shape index (κ1) is 15.8. The van der Waals surface area contributed by atoms with E-state index in [-0.39, 0.29) is 0 Å². The normalized spacial score (nSPS) is 24.8. The van der Waals surface area contributed by atoms with E-state index in [1.807, 2.05) is 0 Å². The maximum Gasteiger partial charge on any atom is 0.0412 e. The van der Waals surface area contributed by atoms with E-state index in [0.29, 0.717) is 12.1 Å². The zero-order chi connectivity index (χ0) is 14.7. The Hall–Kier alpha value is -0.540. The minimum Gasteiger partial charge on any atom is -0.365 e. The SMILES string of the molecule is CCC(C)C1CN(c2ccc(Br)cc2C)C(CC)CN1. The standard InChI is InChI=1S/C17H27BrN2/c1-5-12(3)16-11-20(15(6-2)10-19-16)17-8-7-14(18)9-13(17)4/h7-9,12,15-16,19H,5-6,10-11H2,1-4H3. The van der Waals surface area contributed by atoms with Crippen LogP contribution in [0.1, 0.15) is 39.2 Å². The van der Waals surface area contributed by atoms with Gasteiger partial charge in [0.2, 0.25) is 0 Å². The molecule has 1 fully saturated rings. The van der Waals surface area contributed by atoms with Gasteiger partial charge in [0.15, 0.2) is 0 Å². The van der Waals surface area contributed by atoms with Gasteiger partial charge in [0.05, 0.1) is 0 Å². The van der Waals surface area contributed by atoms with Gasteiger partial charge < -0.3 is 10.2 Å². The third kappa shape index (κ3) is 3.37. The molecule has 0 saturated carbocycles. The maximum absolute atomic E-state index is 3.75. The molecule has 112 valence electrons. The van der Waals surface area contributed by atoms with Crippen LogP contribution in [0.15, 0.2) is 22.7 Å². The summed E-state index contributed by atoms with van der Waals surface area (Å²) in [5, 5.41) is 3.75. The lowest BCUT2D eigenvalue weighted by atomic mass is 9.94. The van der Waals surface area contributed by atoms with Gasteiger partial charge in [-0.05, 0) is 43.0 Å². The molecule has 3 unspecified atom stereocenters. The van der Waals surface area contributed by atoms with Crippen molar-refractivity contribution in [3.63, 3.8) is 0 Å². The second-order valence-electron chi connectivity index (χ2n) is 6.05. The summed E-state index contributed by atoms with van der Waals surface area (Å²) in [4.78, 5) is 2.62. The van der Waals surface area contributed by atoms with Crippen LogP contribution in [-0.4, -0.2) is 25.2 Å². The summed E-state index contributed by atoms with van der Waals surface area (Å²) in [6.45, 7) is 11.4. The number of benzene rings is 1. The molecule has 3 atom stereocenters. The summed E-state index contributed by atoms with van der Waals surface area (Å²) in [5.41, 5.74) is 2.76. The molecule has 0 amide bonds. The van der Waals surface area contributed by atoms with Crippen molar-refractivity contribution in [2.75, 3.05) is 18.0 Å². The number of hydrogen-bond acceptors (Lipinski definition) is 2. The molecular weight excluding hydrogens is 312 g/mol. The van der Waals surface area contributed by atoms with Gasteiger partial charge in [-0.1, -0.05) is 43.1 Å². The molecular formula is C17H27BrN2. The van der Waals surface area contributed by atoms with E-state index < -0.39 is 0 Å². The zero-order valence-electron chi connectivity index (χ0n) is 13.1. The second-order valence-corrected chi connectivity index (χ2v) is 6.96. The molecule has 20 heavy (non-hydrogen) atoms. The molecule has 0 radical (unpaired) electrons. The average Bonchev–Trinajstić information content (AvgIpc) is 2.46. The first-order chi connectivity index (χ1) is 9.56. The maximum atomic E-state index is 3.75. The van der Waals surface area contributed by atoms with Crippen molar-refractivity contribution in [3.05, 3.63) is 28.2 Å². The molecule has 1 heterocycles. The monoisotopic (exact) mass is 338 g/mol. The first-order valence-corrected chi connectivity index (χ1v) is 8.62. The third-order valence-corrected chi connectivity index (χ3v) is 5.21. The van der Waals surface area contributed by atoms with Crippen molar-refractivity contribution in [2.45, 2.75) is 52.6 Å². The van der Waals surface area contributed by atoms with E-state index in [2.05, 4.69) is 72.0 Å². The summed E-state index contributed by atoms with van der Waals surface area (Å²) in [5.74, 6) is 0.728. The molecule has 2 nitrogen and oxygen atoms in total. The fourth-order valence-corrected chi connectivity index (χ4v) is 3.57. The van der Waals surface area contributed by atoms with Gasteiger partial charge in [-0.15, -0.1) is 0 Å². The molecule has 0 bridgehead atoms. The Morgan fingerprint density at radius 2 is 2.15 bits per heavy atom. The number of hydrogen-bond donors (Lipinski definition) is 1. The van der Waals surface area contributed by atoms with E-state index in [1.54, 1.807) is 0 Å². The lowest BCUT2D eigenvalue weighted by molar-refractivity contribution is 0.306. The summed E-state index contributed by atoms with van der Waals surface area (Å²) < 4.78 is 1.17. The quantitative estimate of drug-likeness (QED) is 0.877. The second kappa shape index (κ2) is 6.95. The Labute approximate surface area is 132 Å².